The van der Waals surface area contributed by atoms with Crippen LogP contribution in [0.15, 0.2) is 24.3 Å². The minimum Gasteiger partial charge on any atom is -0.383 e. The predicted octanol–water partition coefficient (Wildman–Crippen LogP) is 2.47. The lowest BCUT2D eigenvalue weighted by molar-refractivity contribution is 0.625. The second-order valence-electron chi connectivity index (χ2n) is 4.41. The van der Waals surface area contributed by atoms with E-state index < -0.39 is 0 Å². The SMILES string of the molecule is Nc1c2c(nn1-c1cccc(F)c1)CCCC2. The zero-order valence-corrected chi connectivity index (χ0v) is 9.49. The summed E-state index contributed by atoms with van der Waals surface area (Å²) in [5.74, 6) is 0.390. The molecule has 0 unspecified atom stereocenters. The number of aromatic nitrogens is 2. The van der Waals surface area contributed by atoms with Crippen molar-refractivity contribution in [3.05, 3.63) is 41.3 Å². The van der Waals surface area contributed by atoms with Crippen LogP contribution in [0.25, 0.3) is 5.69 Å². The first-order valence-electron chi connectivity index (χ1n) is 5.88. The van der Waals surface area contributed by atoms with Crippen LogP contribution in [-0.2, 0) is 12.8 Å². The molecule has 2 N–H and O–H groups in total. The highest BCUT2D eigenvalue weighted by Gasteiger charge is 2.19. The number of fused-ring (bicyclic) bond motifs is 1. The number of aryl methyl sites for hydroxylation is 1. The van der Waals surface area contributed by atoms with E-state index in [0.29, 0.717) is 11.5 Å². The van der Waals surface area contributed by atoms with Crippen LogP contribution < -0.4 is 5.73 Å². The number of halogens is 1. The van der Waals surface area contributed by atoms with E-state index in [-0.39, 0.29) is 5.82 Å². The zero-order valence-electron chi connectivity index (χ0n) is 9.49. The smallest absolute Gasteiger partial charge is 0.130 e. The largest absolute Gasteiger partial charge is 0.383 e. The van der Waals surface area contributed by atoms with Gasteiger partial charge in [-0.25, -0.2) is 9.07 Å². The Balaban J connectivity index is 2.12. The van der Waals surface area contributed by atoms with Crippen molar-refractivity contribution in [2.75, 3.05) is 5.73 Å². The lowest BCUT2D eigenvalue weighted by Crippen LogP contribution is -2.03. The molecule has 0 atom stereocenters. The molecule has 1 aromatic heterocycles. The van der Waals surface area contributed by atoms with Gasteiger partial charge in [0.05, 0.1) is 11.4 Å². The molecule has 0 bridgehead atoms. The first kappa shape index (κ1) is 10.3. The Morgan fingerprint density at radius 3 is 2.82 bits per heavy atom. The minimum absolute atomic E-state index is 0.268. The molecule has 0 radical (unpaired) electrons. The van der Waals surface area contributed by atoms with Gasteiger partial charge in [0.15, 0.2) is 0 Å². The van der Waals surface area contributed by atoms with Gasteiger partial charge < -0.3 is 5.73 Å². The molecule has 2 aromatic rings. The van der Waals surface area contributed by atoms with Gasteiger partial charge in [-0.2, -0.15) is 5.10 Å². The third-order valence-electron chi connectivity index (χ3n) is 3.25. The molecule has 0 amide bonds. The van der Waals surface area contributed by atoms with E-state index in [1.165, 1.54) is 12.1 Å². The normalized spacial score (nSPS) is 14.6. The molecule has 1 heterocycles. The lowest BCUT2D eigenvalue weighted by atomic mass is 9.98. The Bertz CT molecular complexity index is 560. The Morgan fingerprint density at radius 2 is 2.06 bits per heavy atom. The quantitative estimate of drug-likeness (QED) is 0.819. The van der Waals surface area contributed by atoms with Crippen molar-refractivity contribution in [1.82, 2.24) is 9.78 Å². The van der Waals surface area contributed by atoms with Crippen LogP contribution >= 0.6 is 0 Å². The average Bonchev–Trinajstić information content (AvgIpc) is 2.68. The fraction of sp³-hybridized carbons (Fsp3) is 0.308. The molecule has 1 aliphatic carbocycles. The Kier molecular flexibility index (Phi) is 2.35. The monoisotopic (exact) mass is 231 g/mol. The lowest BCUT2D eigenvalue weighted by Gasteiger charge is -2.08. The van der Waals surface area contributed by atoms with Gasteiger partial charge in [0, 0.05) is 5.56 Å². The molecule has 4 heteroatoms. The van der Waals surface area contributed by atoms with Gasteiger partial charge in [-0.1, -0.05) is 6.07 Å². The summed E-state index contributed by atoms with van der Waals surface area (Å²) in [7, 11) is 0. The fourth-order valence-electron chi connectivity index (χ4n) is 2.38. The van der Waals surface area contributed by atoms with Crippen molar-refractivity contribution in [3.63, 3.8) is 0 Å². The van der Waals surface area contributed by atoms with Crippen LogP contribution in [0, 0.1) is 5.82 Å². The van der Waals surface area contributed by atoms with Crippen LogP contribution in [0.2, 0.25) is 0 Å². The molecule has 3 nitrogen and oxygen atoms in total. The fourth-order valence-corrected chi connectivity index (χ4v) is 2.38. The summed E-state index contributed by atoms with van der Waals surface area (Å²) in [6.07, 6.45) is 4.27. The maximum Gasteiger partial charge on any atom is 0.130 e. The van der Waals surface area contributed by atoms with E-state index in [1.807, 2.05) is 6.07 Å². The van der Waals surface area contributed by atoms with Crippen molar-refractivity contribution in [2.45, 2.75) is 25.7 Å². The summed E-state index contributed by atoms with van der Waals surface area (Å²) in [5, 5.41) is 4.49. The molecule has 88 valence electrons. The Labute approximate surface area is 99.1 Å². The van der Waals surface area contributed by atoms with Gasteiger partial charge in [-0.05, 0) is 43.9 Å². The van der Waals surface area contributed by atoms with E-state index >= 15 is 0 Å². The van der Waals surface area contributed by atoms with Crippen LogP contribution in [0.1, 0.15) is 24.1 Å². The van der Waals surface area contributed by atoms with E-state index in [2.05, 4.69) is 5.10 Å². The molecule has 0 saturated heterocycles. The predicted molar refractivity (Wildman–Crippen MR) is 64.6 cm³/mol. The number of nitrogens with two attached hydrogens (primary N) is 1. The number of benzene rings is 1. The molecular formula is C13H14FN3. The highest BCUT2D eigenvalue weighted by Crippen LogP contribution is 2.27. The molecule has 3 rings (SSSR count). The summed E-state index contributed by atoms with van der Waals surface area (Å²) in [6, 6.07) is 6.36. The number of hydrogen-bond donors (Lipinski definition) is 1. The minimum atomic E-state index is -0.268. The van der Waals surface area contributed by atoms with Crippen molar-refractivity contribution >= 4 is 5.82 Å². The van der Waals surface area contributed by atoms with E-state index in [1.54, 1.807) is 10.7 Å². The highest BCUT2D eigenvalue weighted by atomic mass is 19.1. The molecule has 1 aliphatic rings. The molecule has 0 saturated carbocycles. The van der Waals surface area contributed by atoms with Gasteiger partial charge in [-0.15, -0.1) is 0 Å². The van der Waals surface area contributed by atoms with Gasteiger partial charge in [0.1, 0.15) is 11.6 Å². The second kappa shape index (κ2) is 3.87. The van der Waals surface area contributed by atoms with Gasteiger partial charge >= 0.3 is 0 Å². The summed E-state index contributed by atoms with van der Waals surface area (Å²) in [5.41, 5.74) is 8.98. The van der Waals surface area contributed by atoms with Gasteiger partial charge in [0.2, 0.25) is 0 Å². The van der Waals surface area contributed by atoms with Crippen LogP contribution in [0.5, 0.6) is 0 Å². The van der Waals surface area contributed by atoms with Gasteiger partial charge in [-0.3, -0.25) is 0 Å². The summed E-state index contributed by atoms with van der Waals surface area (Å²) >= 11 is 0. The number of nitrogens with zero attached hydrogens (tertiary/aromatic N) is 2. The number of nitrogen functional groups attached to an aromatic ring is 1. The number of hydrogen-bond acceptors (Lipinski definition) is 2. The third kappa shape index (κ3) is 1.69. The highest BCUT2D eigenvalue weighted by molar-refractivity contribution is 5.50. The Hall–Kier alpha value is -1.84. The van der Waals surface area contributed by atoms with Crippen LogP contribution in [0.4, 0.5) is 10.2 Å². The van der Waals surface area contributed by atoms with Crippen molar-refractivity contribution in [1.29, 1.82) is 0 Å². The Morgan fingerprint density at radius 1 is 1.24 bits per heavy atom. The summed E-state index contributed by atoms with van der Waals surface area (Å²) in [6.45, 7) is 0. The zero-order chi connectivity index (χ0) is 11.8. The first-order valence-corrected chi connectivity index (χ1v) is 5.88. The van der Waals surface area contributed by atoms with E-state index in [0.717, 1.165) is 36.9 Å². The molecule has 0 fully saturated rings. The van der Waals surface area contributed by atoms with E-state index in [4.69, 9.17) is 5.73 Å². The van der Waals surface area contributed by atoms with Crippen molar-refractivity contribution in [2.24, 2.45) is 0 Å². The standard InChI is InChI=1S/C13H14FN3/c14-9-4-3-5-10(8-9)17-13(15)11-6-1-2-7-12(11)16-17/h3-5,8H,1-2,6-7,15H2. The number of anilines is 1. The van der Waals surface area contributed by atoms with Crippen molar-refractivity contribution in [3.8, 4) is 5.69 Å². The second-order valence-corrected chi connectivity index (χ2v) is 4.41. The molecular weight excluding hydrogens is 217 g/mol. The van der Waals surface area contributed by atoms with Crippen LogP contribution in [-0.4, -0.2) is 9.78 Å². The maximum absolute atomic E-state index is 13.2. The molecule has 0 spiro atoms. The molecule has 1 aromatic carbocycles. The maximum atomic E-state index is 13.2. The third-order valence-corrected chi connectivity index (χ3v) is 3.25. The first-order chi connectivity index (χ1) is 8.25. The summed E-state index contributed by atoms with van der Waals surface area (Å²) < 4.78 is 14.8. The van der Waals surface area contributed by atoms with Crippen LogP contribution in [0.3, 0.4) is 0 Å². The average molecular weight is 231 g/mol. The van der Waals surface area contributed by atoms with Crippen molar-refractivity contribution < 1.29 is 4.39 Å². The summed E-state index contributed by atoms with van der Waals surface area (Å²) in [4.78, 5) is 0. The number of rotatable bonds is 1. The van der Waals surface area contributed by atoms with E-state index in [9.17, 15) is 4.39 Å². The topological polar surface area (TPSA) is 43.8 Å². The molecule has 0 aliphatic heterocycles. The van der Waals surface area contributed by atoms with Gasteiger partial charge in [0.25, 0.3) is 0 Å². The molecule has 17 heavy (non-hydrogen) atoms.